The second-order valence-electron chi connectivity index (χ2n) is 13.4. The fourth-order valence-electron chi connectivity index (χ4n) is 8.47. The number of likely N-dealkylation sites (N-methyl/N-ethyl adjacent to an activating group) is 1. The van der Waals surface area contributed by atoms with E-state index in [-0.39, 0.29) is 27.5 Å². The van der Waals surface area contributed by atoms with E-state index in [4.69, 9.17) is 4.74 Å². The summed E-state index contributed by atoms with van der Waals surface area (Å²) in [5.41, 5.74) is 5.26. The SMILES string of the molecule is CNCC1CCC(I)N1C(=O)[C@]12C[C@H]1c1cc(OC)ccc1-c1c(C3CCCCC3)c3ccc(C(=O)NS(C)(=O)=O)cc3n1C2. The van der Waals surface area contributed by atoms with Crippen molar-refractivity contribution in [2.45, 2.75) is 79.8 Å². The summed E-state index contributed by atoms with van der Waals surface area (Å²) in [6.07, 6.45) is 9.46. The van der Waals surface area contributed by atoms with Crippen LogP contribution in [0.4, 0.5) is 0 Å². The van der Waals surface area contributed by atoms with Gasteiger partial charge in [0.05, 0.1) is 28.5 Å². The molecular weight excluding hydrogens is 703 g/mol. The Balaban J connectivity index is 1.46. The molecule has 3 heterocycles. The third kappa shape index (κ3) is 5.26. The molecule has 2 saturated carbocycles. The van der Waals surface area contributed by atoms with E-state index in [2.05, 4.69) is 54.2 Å². The number of nitrogens with zero attached hydrogens (tertiary/aromatic N) is 2. The summed E-state index contributed by atoms with van der Waals surface area (Å²) in [6, 6.07) is 12.0. The van der Waals surface area contributed by atoms with E-state index in [0.717, 1.165) is 78.4 Å². The number of likely N-dealkylation sites (tertiary alicyclic amines) is 1. The highest BCUT2D eigenvalue weighted by Gasteiger charge is 2.65. The molecule has 1 saturated heterocycles. The summed E-state index contributed by atoms with van der Waals surface area (Å²) in [5.74, 6) is 0.759. The lowest BCUT2D eigenvalue weighted by atomic mass is 9.81. The number of ether oxygens (including phenoxy) is 1. The van der Waals surface area contributed by atoms with E-state index in [9.17, 15) is 18.0 Å². The van der Waals surface area contributed by atoms with Gasteiger partial charge in [-0.15, -0.1) is 0 Å². The van der Waals surface area contributed by atoms with Gasteiger partial charge in [0.25, 0.3) is 5.91 Å². The summed E-state index contributed by atoms with van der Waals surface area (Å²) in [4.78, 5) is 30.1. The maximum Gasteiger partial charge on any atom is 0.264 e. The quantitative estimate of drug-likeness (QED) is 0.188. The molecule has 2 N–H and O–H groups in total. The molecule has 240 valence electrons. The van der Waals surface area contributed by atoms with Crippen molar-refractivity contribution in [1.29, 1.82) is 0 Å². The molecule has 1 aromatic heterocycles. The predicted octanol–water partition coefficient (Wildman–Crippen LogP) is 5.51. The van der Waals surface area contributed by atoms with Gasteiger partial charge in [-0.3, -0.25) is 9.59 Å². The summed E-state index contributed by atoms with van der Waals surface area (Å²) < 4.78 is 34.2. The normalized spacial score (nSPS) is 26.1. The van der Waals surface area contributed by atoms with Crippen LogP contribution in [0.15, 0.2) is 36.4 Å². The third-order valence-electron chi connectivity index (χ3n) is 10.6. The van der Waals surface area contributed by atoms with Gasteiger partial charge in [0, 0.05) is 47.1 Å². The minimum atomic E-state index is -3.73. The highest BCUT2D eigenvalue weighted by molar-refractivity contribution is 14.1. The van der Waals surface area contributed by atoms with E-state index in [1.807, 2.05) is 25.2 Å². The number of carbonyl (C=O) groups excluding carboxylic acids is 2. The monoisotopic (exact) mass is 744 g/mol. The lowest BCUT2D eigenvalue weighted by Crippen LogP contribution is -2.48. The maximum absolute atomic E-state index is 14.9. The molecule has 4 aliphatic rings. The zero-order valence-electron chi connectivity index (χ0n) is 26.1. The number of benzene rings is 2. The van der Waals surface area contributed by atoms with Gasteiger partial charge in [-0.25, -0.2) is 13.1 Å². The van der Waals surface area contributed by atoms with Gasteiger partial charge in [-0.05, 0) is 86.5 Å². The molecule has 2 amide bonds. The average Bonchev–Trinajstić information content (AvgIpc) is 3.55. The number of halogens is 1. The molecule has 4 atom stereocenters. The van der Waals surface area contributed by atoms with Crippen molar-refractivity contribution in [1.82, 2.24) is 19.5 Å². The topological polar surface area (TPSA) is 110 Å². The van der Waals surface area contributed by atoms with Crippen LogP contribution >= 0.6 is 22.6 Å². The Morgan fingerprint density at radius 3 is 2.56 bits per heavy atom. The lowest BCUT2D eigenvalue weighted by Gasteiger charge is -2.32. The van der Waals surface area contributed by atoms with Crippen molar-refractivity contribution in [3.8, 4) is 17.0 Å². The molecule has 45 heavy (non-hydrogen) atoms. The molecule has 2 aliphatic carbocycles. The minimum absolute atomic E-state index is 0.0559. The van der Waals surface area contributed by atoms with E-state index >= 15 is 0 Å². The molecule has 2 aliphatic heterocycles. The van der Waals surface area contributed by atoms with Crippen molar-refractivity contribution in [2.24, 2.45) is 5.41 Å². The number of amides is 2. The average molecular weight is 745 g/mol. The minimum Gasteiger partial charge on any atom is -0.497 e. The number of methoxy groups -OCH3 is 1. The van der Waals surface area contributed by atoms with E-state index in [1.165, 1.54) is 24.8 Å². The molecule has 9 nitrogen and oxygen atoms in total. The Morgan fingerprint density at radius 1 is 1.07 bits per heavy atom. The number of rotatable bonds is 7. The standard InChI is InChI=1S/C34H41IN4O5S/c1-36-18-22-10-14-29(35)39(22)33(41)34-17-27(34)26-16-23(44-2)11-13-24(26)31-30(20-7-5-4-6-8-20)25-12-9-21(15-28(25)38(31)19-34)32(40)37-45(3,42)43/h9,11-13,15-16,20,22,27,29,36H,4-8,10,14,17-19H2,1-3H3,(H,37,40)/t22?,27-,29?,34-/m0/s1. The van der Waals surface area contributed by atoms with Crippen LogP contribution < -0.4 is 14.8 Å². The van der Waals surface area contributed by atoms with Gasteiger partial charge < -0.3 is 19.5 Å². The van der Waals surface area contributed by atoms with Crippen LogP contribution in [0.5, 0.6) is 5.75 Å². The second-order valence-corrected chi connectivity index (χ2v) is 16.6. The number of carbonyl (C=O) groups is 2. The summed E-state index contributed by atoms with van der Waals surface area (Å²) in [5, 5.41) is 4.38. The van der Waals surface area contributed by atoms with Gasteiger partial charge in [-0.1, -0.05) is 47.9 Å². The number of hydrogen-bond acceptors (Lipinski definition) is 6. The number of nitrogens with one attached hydrogen (secondary N) is 2. The highest BCUT2D eigenvalue weighted by Crippen LogP contribution is 2.66. The Morgan fingerprint density at radius 2 is 1.84 bits per heavy atom. The molecule has 3 aromatic rings. The van der Waals surface area contributed by atoms with Crippen molar-refractivity contribution in [2.75, 3.05) is 27.0 Å². The predicted molar refractivity (Wildman–Crippen MR) is 183 cm³/mol. The Kier molecular flexibility index (Phi) is 7.96. The zero-order valence-corrected chi connectivity index (χ0v) is 29.0. The molecule has 0 spiro atoms. The molecular formula is C34H41IN4O5S. The largest absolute Gasteiger partial charge is 0.497 e. The van der Waals surface area contributed by atoms with Crippen LogP contribution in [0.25, 0.3) is 22.2 Å². The first-order chi connectivity index (χ1) is 21.6. The molecule has 2 unspecified atom stereocenters. The molecule has 7 rings (SSSR count). The maximum atomic E-state index is 14.9. The van der Waals surface area contributed by atoms with Crippen LogP contribution in [-0.4, -0.2) is 66.7 Å². The smallest absolute Gasteiger partial charge is 0.264 e. The number of sulfonamides is 1. The fraction of sp³-hybridized carbons (Fsp3) is 0.529. The molecule has 0 radical (unpaired) electrons. The number of fused-ring (bicyclic) bond motifs is 7. The number of alkyl halides is 1. The molecule has 0 bridgehead atoms. The van der Waals surface area contributed by atoms with Gasteiger partial charge in [0.2, 0.25) is 15.9 Å². The Hall–Kier alpha value is -2.64. The van der Waals surface area contributed by atoms with Crippen molar-refractivity contribution in [3.63, 3.8) is 0 Å². The van der Waals surface area contributed by atoms with Crippen molar-refractivity contribution < 1.29 is 22.7 Å². The zero-order chi connectivity index (χ0) is 31.7. The van der Waals surface area contributed by atoms with Crippen LogP contribution in [0, 0.1) is 5.41 Å². The molecule has 2 aromatic carbocycles. The fourth-order valence-corrected chi connectivity index (χ4v) is 9.99. The van der Waals surface area contributed by atoms with E-state index in [0.29, 0.717) is 12.5 Å². The first-order valence-electron chi connectivity index (χ1n) is 16.0. The molecule has 3 fully saturated rings. The Bertz CT molecular complexity index is 1800. The van der Waals surface area contributed by atoms with Gasteiger partial charge in [0.1, 0.15) is 5.75 Å². The Labute approximate surface area is 278 Å². The molecule has 11 heteroatoms. The van der Waals surface area contributed by atoms with Gasteiger partial charge in [-0.2, -0.15) is 0 Å². The van der Waals surface area contributed by atoms with Crippen molar-refractivity contribution >= 4 is 55.3 Å². The first-order valence-corrected chi connectivity index (χ1v) is 19.2. The van der Waals surface area contributed by atoms with Gasteiger partial charge >= 0.3 is 0 Å². The van der Waals surface area contributed by atoms with Crippen LogP contribution in [0.3, 0.4) is 0 Å². The number of hydrogen-bond donors (Lipinski definition) is 2. The van der Waals surface area contributed by atoms with Crippen molar-refractivity contribution in [3.05, 3.63) is 53.1 Å². The number of aromatic nitrogens is 1. The van der Waals surface area contributed by atoms with E-state index in [1.54, 1.807) is 13.2 Å². The lowest BCUT2D eigenvalue weighted by molar-refractivity contribution is -0.138. The van der Waals surface area contributed by atoms with Gasteiger partial charge in [0.15, 0.2) is 0 Å². The van der Waals surface area contributed by atoms with Crippen LogP contribution in [-0.2, 0) is 21.4 Å². The summed E-state index contributed by atoms with van der Waals surface area (Å²) in [6.45, 7) is 1.27. The summed E-state index contributed by atoms with van der Waals surface area (Å²) >= 11 is 2.43. The second kappa shape index (κ2) is 11.6. The third-order valence-corrected chi connectivity index (χ3v) is 12.4. The van der Waals surface area contributed by atoms with E-state index < -0.39 is 21.3 Å². The highest BCUT2D eigenvalue weighted by atomic mass is 127. The van der Waals surface area contributed by atoms with Crippen LogP contribution in [0.1, 0.15) is 84.7 Å². The van der Waals surface area contributed by atoms with Crippen LogP contribution in [0.2, 0.25) is 0 Å². The first kappa shape index (κ1) is 31.0. The summed E-state index contributed by atoms with van der Waals surface area (Å²) in [7, 11) is -0.101.